The van der Waals surface area contributed by atoms with Gasteiger partial charge in [-0.15, -0.1) is 0 Å². The van der Waals surface area contributed by atoms with Gasteiger partial charge in [0, 0.05) is 19.6 Å². The molecule has 7 N–H and O–H groups in total. The van der Waals surface area contributed by atoms with Gasteiger partial charge in [0.05, 0.1) is 13.2 Å². The zero-order valence-corrected chi connectivity index (χ0v) is 13.4. The third-order valence-corrected chi connectivity index (χ3v) is 3.97. The maximum absolute atomic E-state index is 9.84. The van der Waals surface area contributed by atoms with Crippen LogP contribution in [0.2, 0.25) is 0 Å². The van der Waals surface area contributed by atoms with E-state index >= 15 is 0 Å². The van der Waals surface area contributed by atoms with Crippen molar-refractivity contribution in [3.05, 3.63) is 35.4 Å². The largest absolute Gasteiger partial charge is 0.394 e. The molecule has 1 heterocycles. The molecule has 0 aromatic heterocycles. The molecule has 2 rings (SSSR count). The van der Waals surface area contributed by atoms with Crippen LogP contribution in [-0.2, 0) is 22.6 Å². The van der Waals surface area contributed by atoms with Crippen molar-refractivity contribution in [1.82, 2.24) is 5.32 Å². The SMILES string of the molecule is NCc1cccc(CNCCO[C@H]2O[C@H](CO)[C@H](O)[C@H](O)[C@H]2O)c1. The first-order valence-corrected chi connectivity index (χ1v) is 7.97. The lowest BCUT2D eigenvalue weighted by molar-refractivity contribution is -0.300. The molecule has 8 nitrogen and oxygen atoms in total. The van der Waals surface area contributed by atoms with Crippen molar-refractivity contribution in [3.63, 3.8) is 0 Å². The van der Waals surface area contributed by atoms with Crippen molar-refractivity contribution >= 4 is 0 Å². The minimum atomic E-state index is -1.42. The van der Waals surface area contributed by atoms with Gasteiger partial charge in [0.25, 0.3) is 0 Å². The summed E-state index contributed by atoms with van der Waals surface area (Å²) in [5, 5.41) is 41.5. The summed E-state index contributed by atoms with van der Waals surface area (Å²) in [6.45, 7) is 1.40. The molecule has 136 valence electrons. The smallest absolute Gasteiger partial charge is 0.186 e. The second kappa shape index (κ2) is 9.40. The Bertz CT molecular complexity index is 501. The van der Waals surface area contributed by atoms with E-state index in [1.807, 2.05) is 24.3 Å². The Kier molecular flexibility index (Phi) is 7.53. The highest BCUT2D eigenvalue weighted by molar-refractivity contribution is 5.23. The van der Waals surface area contributed by atoms with Crippen molar-refractivity contribution in [2.75, 3.05) is 19.8 Å². The molecule has 24 heavy (non-hydrogen) atoms. The van der Waals surface area contributed by atoms with Gasteiger partial charge in [0.2, 0.25) is 0 Å². The lowest BCUT2D eigenvalue weighted by Crippen LogP contribution is -2.59. The molecule has 1 fully saturated rings. The molecule has 1 aromatic carbocycles. The number of nitrogens with two attached hydrogens (primary N) is 1. The Morgan fingerprint density at radius 2 is 1.88 bits per heavy atom. The van der Waals surface area contributed by atoms with E-state index in [2.05, 4.69) is 5.32 Å². The molecular formula is C16H26N2O6. The second-order valence-electron chi connectivity index (χ2n) is 5.77. The standard InChI is InChI=1S/C16H26N2O6/c17-7-10-2-1-3-11(6-10)8-18-4-5-23-16-15(22)14(21)13(20)12(9-19)24-16/h1-3,6,12-16,18-22H,4-5,7-9,17H2/t12-,13+,14+,15-,16+/m1/s1. The maximum atomic E-state index is 9.84. The van der Waals surface area contributed by atoms with Crippen LogP contribution in [0.3, 0.4) is 0 Å². The van der Waals surface area contributed by atoms with Crippen molar-refractivity contribution in [1.29, 1.82) is 0 Å². The first kappa shape index (κ1) is 19.2. The fourth-order valence-electron chi connectivity index (χ4n) is 2.55. The van der Waals surface area contributed by atoms with Crippen molar-refractivity contribution < 1.29 is 29.9 Å². The van der Waals surface area contributed by atoms with Gasteiger partial charge in [-0.2, -0.15) is 0 Å². The molecule has 1 aromatic rings. The number of ether oxygens (including phenoxy) is 2. The first-order valence-electron chi connectivity index (χ1n) is 7.97. The molecular weight excluding hydrogens is 316 g/mol. The predicted molar refractivity (Wildman–Crippen MR) is 85.8 cm³/mol. The molecule has 1 aliphatic heterocycles. The minimum absolute atomic E-state index is 0.235. The number of rotatable bonds is 8. The van der Waals surface area contributed by atoms with Crippen molar-refractivity contribution in [3.8, 4) is 0 Å². The monoisotopic (exact) mass is 342 g/mol. The molecule has 0 saturated carbocycles. The molecule has 8 heteroatoms. The summed E-state index contributed by atoms with van der Waals surface area (Å²) in [5.41, 5.74) is 7.76. The van der Waals surface area contributed by atoms with Crippen molar-refractivity contribution in [2.45, 2.75) is 43.8 Å². The van der Waals surface area contributed by atoms with Gasteiger partial charge in [-0.25, -0.2) is 0 Å². The van der Waals surface area contributed by atoms with Crippen LogP contribution in [0.5, 0.6) is 0 Å². The number of benzene rings is 1. The summed E-state index contributed by atoms with van der Waals surface area (Å²) in [5.74, 6) is 0. The molecule has 0 aliphatic carbocycles. The van der Waals surface area contributed by atoms with E-state index in [1.165, 1.54) is 0 Å². The van der Waals surface area contributed by atoms with Gasteiger partial charge in [-0.05, 0) is 11.1 Å². The van der Waals surface area contributed by atoms with E-state index in [0.29, 0.717) is 19.6 Å². The average Bonchev–Trinajstić information content (AvgIpc) is 2.61. The Morgan fingerprint density at radius 3 is 2.58 bits per heavy atom. The first-order chi connectivity index (χ1) is 11.6. The highest BCUT2D eigenvalue weighted by Crippen LogP contribution is 2.21. The second-order valence-corrected chi connectivity index (χ2v) is 5.77. The van der Waals surface area contributed by atoms with E-state index in [1.54, 1.807) is 0 Å². The van der Waals surface area contributed by atoms with Crippen LogP contribution in [-0.4, -0.2) is 70.9 Å². The molecule has 0 radical (unpaired) electrons. The lowest BCUT2D eigenvalue weighted by Gasteiger charge is -2.39. The van der Waals surface area contributed by atoms with E-state index in [4.69, 9.17) is 20.3 Å². The summed E-state index contributed by atoms with van der Waals surface area (Å²) in [4.78, 5) is 0. The van der Waals surface area contributed by atoms with Gasteiger partial charge < -0.3 is 41.0 Å². The van der Waals surface area contributed by atoms with Crippen molar-refractivity contribution in [2.24, 2.45) is 5.73 Å². The molecule has 0 spiro atoms. The number of hydrogen-bond donors (Lipinski definition) is 6. The fourth-order valence-corrected chi connectivity index (χ4v) is 2.55. The Hall–Kier alpha value is -1.10. The molecule has 0 amide bonds. The van der Waals surface area contributed by atoms with Crippen LogP contribution in [0.25, 0.3) is 0 Å². The molecule has 0 unspecified atom stereocenters. The summed E-state index contributed by atoms with van der Waals surface area (Å²) >= 11 is 0. The van der Waals surface area contributed by atoms with Gasteiger partial charge in [0.15, 0.2) is 6.29 Å². The van der Waals surface area contributed by atoms with E-state index in [-0.39, 0.29) is 6.61 Å². The third kappa shape index (κ3) is 4.95. The van der Waals surface area contributed by atoms with Crippen LogP contribution in [0.4, 0.5) is 0 Å². The molecule has 5 atom stereocenters. The van der Waals surface area contributed by atoms with E-state index < -0.39 is 37.3 Å². The maximum Gasteiger partial charge on any atom is 0.186 e. The summed E-state index contributed by atoms with van der Waals surface area (Å²) in [6.07, 6.45) is -6.22. The molecule has 1 saturated heterocycles. The minimum Gasteiger partial charge on any atom is -0.394 e. The van der Waals surface area contributed by atoms with Gasteiger partial charge in [-0.1, -0.05) is 24.3 Å². The zero-order valence-electron chi connectivity index (χ0n) is 13.4. The number of hydrogen-bond acceptors (Lipinski definition) is 8. The quantitative estimate of drug-likeness (QED) is 0.300. The van der Waals surface area contributed by atoms with Crippen LogP contribution in [0.1, 0.15) is 11.1 Å². The number of aliphatic hydroxyl groups is 4. The lowest BCUT2D eigenvalue weighted by atomic mass is 9.99. The summed E-state index contributed by atoms with van der Waals surface area (Å²) in [7, 11) is 0. The van der Waals surface area contributed by atoms with Crippen LogP contribution < -0.4 is 11.1 Å². The number of nitrogens with one attached hydrogen (secondary N) is 1. The third-order valence-electron chi connectivity index (χ3n) is 3.97. The molecule has 0 bridgehead atoms. The Balaban J connectivity index is 1.71. The van der Waals surface area contributed by atoms with Crippen LogP contribution >= 0.6 is 0 Å². The van der Waals surface area contributed by atoms with E-state index in [0.717, 1.165) is 11.1 Å². The number of aliphatic hydroxyl groups excluding tert-OH is 4. The molecule has 1 aliphatic rings. The van der Waals surface area contributed by atoms with E-state index in [9.17, 15) is 15.3 Å². The highest BCUT2D eigenvalue weighted by atomic mass is 16.7. The Morgan fingerprint density at radius 1 is 1.12 bits per heavy atom. The highest BCUT2D eigenvalue weighted by Gasteiger charge is 2.43. The average molecular weight is 342 g/mol. The fraction of sp³-hybridized carbons (Fsp3) is 0.625. The van der Waals surface area contributed by atoms with Gasteiger partial charge in [0.1, 0.15) is 24.4 Å². The topological polar surface area (TPSA) is 137 Å². The summed E-state index contributed by atoms with van der Waals surface area (Å²) < 4.78 is 10.6. The zero-order chi connectivity index (χ0) is 17.5. The normalized spacial score (nSPS) is 30.5. The van der Waals surface area contributed by atoms with Crippen LogP contribution in [0.15, 0.2) is 24.3 Å². The Labute approximate surface area is 140 Å². The van der Waals surface area contributed by atoms with Crippen LogP contribution in [0, 0.1) is 0 Å². The van der Waals surface area contributed by atoms with Gasteiger partial charge >= 0.3 is 0 Å². The summed E-state index contributed by atoms with van der Waals surface area (Å²) in [6, 6.07) is 7.92. The van der Waals surface area contributed by atoms with Gasteiger partial charge in [-0.3, -0.25) is 0 Å². The predicted octanol–water partition coefficient (Wildman–Crippen LogP) is -1.95.